The van der Waals surface area contributed by atoms with Crippen molar-refractivity contribution in [3.63, 3.8) is 0 Å². The summed E-state index contributed by atoms with van der Waals surface area (Å²) in [7, 11) is 0. The Labute approximate surface area is 54.6 Å². The van der Waals surface area contributed by atoms with Gasteiger partial charge in [-0.3, -0.25) is 11.7 Å². The van der Waals surface area contributed by atoms with Crippen LogP contribution < -0.4 is 11.7 Å². The maximum absolute atomic E-state index is 4.00. The second-order valence-corrected chi connectivity index (χ2v) is 0. The Hall–Kier alpha value is 1.14. The summed E-state index contributed by atoms with van der Waals surface area (Å²) in [5.41, 5.74) is 0. The molecule has 0 bridgehead atoms. The fourth-order valence-corrected chi connectivity index (χ4v) is 0. The first-order valence-corrected chi connectivity index (χ1v) is 0.333. The van der Waals surface area contributed by atoms with Crippen LogP contribution in [0.15, 0.2) is 0 Å². The molecule has 0 rings (SSSR count). The molecule has 0 saturated heterocycles. The van der Waals surface area contributed by atoms with Crippen molar-refractivity contribution in [1.29, 1.82) is 0 Å². The quantitative estimate of drug-likeness (QED) is 0.266. The summed E-state index contributed by atoms with van der Waals surface area (Å²) < 4.78 is 0. The molecule has 0 amide bonds. The largest absolute Gasteiger partial charge is 0.412 e. The van der Waals surface area contributed by atoms with Crippen LogP contribution in [-0.4, -0.2) is 5.48 Å². The first kappa shape index (κ1) is 19.2. The second-order valence-electron chi connectivity index (χ2n) is 0. The molecule has 30 valence electrons. The molecule has 0 fully saturated rings. The van der Waals surface area contributed by atoms with Gasteiger partial charge in [-0.05, 0) is 0 Å². The van der Waals surface area contributed by atoms with Gasteiger partial charge in [-0.2, -0.15) is 0 Å². The van der Waals surface area contributed by atoms with E-state index in [-0.39, 0.29) is 43.2 Å². The Bertz CT molecular complexity index is 6.00. The molecule has 0 heterocycles. The van der Waals surface area contributed by atoms with Crippen molar-refractivity contribution < 1.29 is 43.2 Å². The van der Waals surface area contributed by atoms with E-state index in [0.29, 0.717) is 0 Å². The van der Waals surface area contributed by atoms with Gasteiger partial charge in [0.2, 0.25) is 0 Å². The maximum Gasteiger partial charge on any atom is 0 e. The first-order chi connectivity index (χ1) is 1.00. The monoisotopic (exact) mass is 90.0 g/mol. The molecular weight excluding hydrogens is 84.0 g/mol. The summed E-state index contributed by atoms with van der Waals surface area (Å²) in [4.78, 5) is 0. The van der Waals surface area contributed by atoms with Gasteiger partial charge in [-0.25, -0.2) is 0 Å². The molecule has 0 saturated carbocycles. The van der Waals surface area contributed by atoms with Crippen LogP contribution in [0.25, 0.3) is 0 Å². The molecule has 4 heavy (non-hydrogen) atoms. The Balaban J connectivity index is -0.00000000500. The van der Waals surface area contributed by atoms with Crippen LogP contribution in [0.5, 0.6) is 0 Å². The van der Waals surface area contributed by atoms with Crippen molar-refractivity contribution in [2.45, 2.75) is 0 Å². The van der Waals surface area contributed by atoms with E-state index in [9.17, 15) is 0 Å². The smallest absolute Gasteiger partial charge is 0 e. The van der Waals surface area contributed by atoms with Gasteiger partial charge in [-0.1, -0.05) is 0 Å². The molecule has 0 aromatic heterocycles. The standard InChI is InChI=1S/Ar.H4N2.H2O/c;1-2;/h;1-2H2;1H2. The van der Waals surface area contributed by atoms with Gasteiger partial charge >= 0.3 is 0 Å². The predicted octanol–water partition coefficient (Wildman–Crippen LogP) is -2.01. The third-order valence-corrected chi connectivity index (χ3v) is 0. The SMILES string of the molecule is NN.O.[Ar]. The summed E-state index contributed by atoms with van der Waals surface area (Å²) in [6.07, 6.45) is 0. The summed E-state index contributed by atoms with van der Waals surface area (Å²) >= 11 is 0. The molecule has 0 spiro atoms. The summed E-state index contributed by atoms with van der Waals surface area (Å²) in [5, 5.41) is 0. The van der Waals surface area contributed by atoms with Crippen LogP contribution in [0, 0.1) is 37.7 Å². The molecule has 4 heteroatoms. The molecule has 0 atom stereocenters. The molecule has 0 aromatic rings. The van der Waals surface area contributed by atoms with Gasteiger partial charge < -0.3 is 5.48 Å². The van der Waals surface area contributed by atoms with Crippen LogP contribution >= 0.6 is 0 Å². The molecule has 0 aliphatic carbocycles. The Kier molecular flexibility index (Phi) is 151. The van der Waals surface area contributed by atoms with Crippen molar-refractivity contribution in [2.75, 3.05) is 0 Å². The third-order valence-electron chi connectivity index (χ3n) is 0. The fraction of sp³-hybridized carbons (Fsp3) is 0. The van der Waals surface area contributed by atoms with Gasteiger partial charge in [0.05, 0.1) is 0 Å². The van der Waals surface area contributed by atoms with Gasteiger partial charge in [0, 0.05) is 37.7 Å². The fourth-order valence-electron chi connectivity index (χ4n) is 0. The van der Waals surface area contributed by atoms with Gasteiger partial charge in [0.1, 0.15) is 0 Å². The first-order valence-electron chi connectivity index (χ1n) is 0.333. The Morgan fingerprint density at radius 3 is 1.00 bits per heavy atom. The van der Waals surface area contributed by atoms with E-state index in [1.807, 2.05) is 0 Å². The summed E-state index contributed by atoms with van der Waals surface area (Å²) in [6, 6.07) is 0. The molecule has 0 radical (unpaired) electrons. The zero-order valence-corrected chi connectivity index (χ0v) is 2.72. The molecule has 0 unspecified atom stereocenters. The van der Waals surface area contributed by atoms with Crippen LogP contribution in [0.3, 0.4) is 0 Å². The van der Waals surface area contributed by atoms with E-state index in [2.05, 4.69) is 11.7 Å². The van der Waals surface area contributed by atoms with Crippen LogP contribution in [-0.2, 0) is 0 Å². The topological polar surface area (TPSA) is 83.5 Å². The van der Waals surface area contributed by atoms with Gasteiger partial charge in [0.25, 0.3) is 0 Å². The minimum Gasteiger partial charge on any atom is -0.412 e. The molecule has 0 aromatic carbocycles. The van der Waals surface area contributed by atoms with Crippen molar-refractivity contribution in [3.05, 3.63) is 0 Å². The van der Waals surface area contributed by atoms with E-state index < -0.39 is 0 Å². The number of hydrogen-bond donors (Lipinski definition) is 2. The minimum atomic E-state index is 0. The maximum atomic E-state index is 4.00. The van der Waals surface area contributed by atoms with Crippen LogP contribution in [0.1, 0.15) is 0 Å². The van der Waals surface area contributed by atoms with E-state index in [0.717, 1.165) is 0 Å². The van der Waals surface area contributed by atoms with Gasteiger partial charge in [-0.15, -0.1) is 0 Å². The average molecular weight is 90.0 g/mol. The zero-order chi connectivity index (χ0) is 2.00. The van der Waals surface area contributed by atoms with Crippen LogP contribution in [0.2, 0.25) is 0 Å². The second kappa shape index (κ2) is 31.4. The Morgan fingerprint density at radius 2 is 1.00 bits per heavy atom. The van der Waals surface area contributed by atoms with Crippen molar-refractivity contribution in [2.24, 2.45) is 11.7 Å². The average Bonchev–Trinajstić information content (AvgIpc) is 1.00. The van der Waals surface area contributed by atoms with Crippen molar-refractivity contribution in [1.82, 2.24) is 0 Å². The van der Waals surface area contributed by atoms with E-state index in [4.69, 9.17) is 0 Å². The number of hydrazine groups is 1. The molecule has 3 nitrogen and oxygen atoms in total. The summed E-state index contributed by atoms with van der Waals surface area (Å²) in [6.45, 7) is 0. The normalized spacial score (nSPS) is 1.50. The molecule has 6 N–H and O–H groups in total. The Morgan fingerprint density at radius 1 is 1.00 bits per heavy atom. The number of rotatable bonds is 0. The molecular formula is H6ArN2O. The predicted molar refractivity (Wildman–Crippen MR) is 12.0 cm³/mol. The minimum absolute atomic E-state index is 0. The molecule has 0 aliphatic rings. The van der Waals surface area contributed by atoms with Crippen LogP contribution in [0.4, 0.5) is 0 Å². The number of hydrogen-bond acceptors (Lipinski definition) is 2. The third kappa shape index (κ3) is 11.1. The number of nitrogens with two attached hydrogens (primary N) is 2. The van der Waals surface area contributed by atoms with Crippen molar-refractivity contribution >= 4 is 0 Å². The van der Waals surface area contributed by atoms with Crippen molar-refractivity contribution in [3.8, 4) is 0 Å². The molecule has 0 aliphatic heterocycles. The van der Waals surface area contributed by atoms with E-state index in [1.165, 1.54) is 0 Å². The summed E-state index contributed by atoms with van der Waals surface area (Å²) in [5.74, 6) is 8.00. The van der Waals surface area contributed by atoms with Gasteiger partial charge in [0.15, 0.2) is 0 Å². The zero-order valence-electron chi connectivity index (χ0n) is 2.01. The van der Waals surface area contributed by atoms with E-state index >= 15 is 0 Å². The van der Waals surface area contributed by atoms with E-state index in [1.54, 1.807) is 0 Å².